The number of alkyl carbamates (subject to hydrolysis) is 1. The van der Waals surface area contributed by atoms with E-state index in [1.54, 1.807) is 0 Å². The van der Waals surface area contributed by atoms with Crippen molar-refractivity contribution in [3.05, 3.63) is 0 Å². The van der Waals surface area contributed by atoms with E-state index < -0.39 is 6.09 Å². The first-order valence-electron chi connectivity index (χ1n) is 5.96. The number of hydrogen-bond donors (Lipinski definition) is 1. The summed E-state index contributed by atoms with van der Waals surface area (Å²) in [7, 11) is 1.29. The lowest BCUT2D eigenvalue weighted by Gasteiger charge is -2.10. The van der Waals surface area contributed by atoms with Gasteiger partial charge in [-0.3, -0.25) is 4.79 Å². The van der Waals surface area contributed by atoms with Crippen molar-refractivity contribution >= 4 is 11.9 Å². The monoisotopic (exact) mass is 229 g/mol. The number of amides is 1. The number of ketones is 1. The zero-order valence-corrected chi connectivity index (χ0v) is 10.5. The van der Waals surface area contributed by atoms with Gasteiger partial charge in [0.15, 0.2) is 5.78 Å². The third-order valence-electron chi connectivity index (χ3n) is 2.63. The molecule has 1 atom stereocenters. The van der Waals surface area contributed by atoms with Crippen LogP contribution in [0, 0.1) is 5.92 Å². The fourth-order valence-electron chi connectivity index (χ4n) is 1.44. The third-order valence-corrected chi connectivity index (χ3v) is 2.63. The van der Waals surface area contributed by atoms with Gasteiger partial charge in [-0.05, 0) is 6.42 Å². The molecule has 0 fully saturated rings. The Hall–Kier alpha value is -1.06. The zero-order valence-electron chi connectivity index (χ0n) is 10.5. The van der Waals surface area contributed by atoms with Crippen LogP contribution in [0.4, 0.5) is 4.79 Å². The Labute approximate surface area is 97.7 Å². The molecule has 0 radical (unpaired) electrons. The minimum Gasteiger partial charge on any atom is -0.453 e. The fourth-order valence-corrected chi connectivity index (χ4v) is 1.44. The predicted molar refractivity (Wildman–Crippen MR) is 63.3 cm³/mol. The van der Waals surface area contributed by atoms with E-state index in [-0.39, 0.29) is 18.2 Å². The van der Waals surface area contributed by atoms with Gasteiger partial charge in [-0.15, -0.1) is 0 Å². The van der Waals surface area contributed by atoms with Crippen LogP contribution in [-0.2, 0) is 9.53 Å². The smallest absolute Gasteiger partial charge is 0.407 e. The number of carbonyl (C=O) groups is 2. The van der Waals surface area contributed by atoms with Crippen LogP contribution in [0.15, 0.2) is 0 Å². The summed E-state index contributed by atoms with van der Waals surface area (Å²) in [5, 5.41) is 2.40. The molecule has 16 heavy (non-hydrogen) atoms. The van der Waals surface area contributed by atoms with Crippen LogP contribution in [0.3, 0.4) is 0 Å². The summed E-state index contributed by atoms with van der Waals surface area (Å²) < 4.78 is 4.39. The summed E-state index contributed by atoms with van der Waals surface area (Å²) in [6.45, 7) is 4.14. The normalized spacial score (nSPS) is 11.9. The molecule has 0 aliphatic heterocycles. The highest BCUT2D eigenvalue weighted by atomic mass is 16.5. The Balaban J connectivity index is 3.61. The highest BCUT2D eigenvalue weighted by Gasteiger charge is 2.13. The van der Waals surface area contributed by atoms with Crippen LogP contribution >= 0.6 is 0 Å². The predicted octanol–water partition coefficient (Wildman–Crippen LogP) is 2.52. The Morgan fingerprint density at radius 2 is 1.94 bits per heavy atom. The molecule has 0 spiro atoms. The number of rotatable bonds is 8. The van der Waals surface area contributed by atoms with Gasteiger partial charge >= 0.3 is 6.09 Å². The van der Waals surface area contributed by atoms with E-state index in [2.05, 4.69) is 17.0 Å². The zero-order chi connectivity index (χ0) is 12.4. The standard InChI is InChI=1S/C12H23NO3/c1-4-5-6-7-8-10(2)11(14)9-13-12(15)16-3/h10H,4-9H2,1-3H3,(H,13,15). The van der Waals surface area contributed by atoms with Gasteiger partial charge in [-0.2, -0.15) is 0 Å². The molecule has 0 aliphatic rings. The molecular formula is C12H23NO3. The van der Waals surface area contributed by atoms with Crippen molar-refractivity contribution in [1.29, 1.82) is 0 Å². The van der Waals surface area contributed by atoms with Crippen LogP contribution < -0.4 is 5.32 Å². The van der Waals surface area contributed by atoms with Gasteiger partial charge in [0.05, 0.1) is 13.7 Å². The summed E-state index contributed by atoms with van der Waals surface area (Å²) in [6, 6.07) is 0. The Morgan fingerprint density at radius 3 is 2.50 bits per heavy atom. The summed E-state index contributed by atoms with van der Waals surface area (Å²) in [4.78, 5) is 22.3. The SMILES string of the molecule is CCCCCCC(C)C(=O)CNC(=O)OC. The molecule has 0 aromatic carbocycles. The number of Topliss-reactive ketones (excluding diaryl/α,β-unsaturated/α-hetero) is 1. The van der Waals surface area contributed by atoms with Crippen LogP contribution in [0.2, 0.25) is 0 Å². The molecule has 1 unspecified atom stereocenters. The topological polar surface area (TPSA) is 55.4 Å². The molecule has 1 N–H and O–H groups in total. The van der Waals surface area contributed by atoms with Crippen LogP contribution in [0.1, 0.15) is 46.0 Å². The average molecular weight is 229 g/mol. The Morgan fingerprint density at radius 1 is 1.25 bits per heavy atom. The summed E-state index contributed by atoms with van der Waals surface area (Å²) in [5.74, 6) is 0.0934. The van der Waals surface area contributed by atoms with Crippen molar-refractivity contribution in [3.63, 3.8) is 0 Å². The van der Waals surface area contributed by atoms with Gasteiger partial charge in [0.1, 0.15) is 0 Å². The van der Waals surface area contributed by atoms with E-state index >= 15 is 0 Å². The van der Waals surface area contributed by atoms with Gasteiger partial charge in [0.2, 0.25) is 0 Å². The number of nitrogens with one attached hydrogen (secondary N) is 1. The van der Waals surface area contributed by atoms with E-state index in [0.717, 1.165) is 12.8 Å². The Bertz CT molecular complexity index is 216. The molecular weight excluding hydrogens is 206 g/mol. The van der Waals surface area contributed by atoms with Crippen molar-refractivity contribution in [1.82, 2.24) is 5.32 Å². The first-order chi connectivity index (χ1) is 7.61. The van der Waals surface area contributed by atoms with Crippen molar-refractivity contribution < 1.29 is 14.3 Å². The maximum absolute atomic E-state index is 11.6. The van der Waals surface area contributed by atoms with Crippen LogP contribution in [0.5, 0.6) is 0 Å². The second-order valence-electron chi connectivity index (χ2n) is 4.06. The van der Waals surface area contributed by atoms with Gasteiger partial charge in [0, 0.05) is 5.92 Å². The summed E-state index contributed by atoms with van der Waals surface area (Å²) in [5.41, 5.74) is 0. The van der Waals surface area contributed by atoms with E-state index in [1.807, 2.05) is 6.92 Å². The highest BCUT2D eigenvalue weighted by molar-refractivity contribution is 5.85. The van der Waals surface area contributed by atoms with Crippen LogP contribution in [-0.4, -0.2) is 25.5 Å². The largest absolute Gasteiger partial charge is 0.453 e. The molecule has 0 saturated carbocycles. The van der Waals surface area contributed by atoms with E-state index in [4.69, 9.17) is 0 Å². The van der Waals surface area contributed by atoms with E-state index in [0.29, 0.717) is 0 Å². The van der Waals surface area contributed by atoms with Gasteiger partial charge in [0.25, 0.3) is 0 Å². The molecule has 0 aromatic heterocycles. The minimum absolute atomic E-state index is 0.0222. The summed E-state index contributed by atoms with van der Waals surface area (Å²) >= 11 is 0. The molecule has 0 rings (SSSR count). The maximum atomic E-state index is 11.6. The van der Waals surface area contributed by atoms with Crippen molar-refractivity contribution in [2.24, 2.45) is 5.92 Å². The lowest BCUT2D eigenvalue weighted by atomic mass is 9.98. The van der Waals surface area contributed by atoms with Crippen molar-refractivity contribution in [2.75, 3.05) is 13.7 Å². The second kappa shape index (κ2) is 9.19. The van der Waals surface area contributed by atoms with Gasteiger partial charge in [-0.25, -0.2) is 4.79 Å². The van der Waals surface area contributed by atoms with Crippen molar-refractivity contribution in [2.45, 2.75) is 46.0 Å². The molecule has 0 aromatic rings. The van der Waals surface area contributed by atoms with E-state index in [9.17, 15) is 9.59 Å². The lowest BCUT2D eigenvalue weighted by Crippen LogP contribution is -2.32. The summed E-state index contributed by atoms with van der Waals surface area (Å²) in [6.07, 6.45) is 5.04. The maximum Gasteiger partial charge on any atom is 0.407 e. The van der Waals surface area contributed by atoms with E-state index in [1.165, 1.54) is 26.4 Å². The first kappa shape index (κ1) is 14.9. The molecule has 94 valence electrons. The quantitative estimate of drug-likeness (QED) is 0.651. The van der Waals surface area contributed by atoms with Crippen molar-refractivity contribution in [3.8, 4) is 0 Å². The lowest BCUT2D eigenvalue weighted by molar-refractivity contribution is -0.121. The Kier molecular flexibility index (Phi) is 8.58. The highest BCUT2D eigenvalue weighted by Crippen LogP contribution is 2.10. The average Bonchev–Trinajstić information content (AvgIpc) is 2.30. The molecule has 0 aliphatic carbocycles. The number of hydrogen-bond acceptors (Lipinski definition) is 3. The minimum atomic E-state index is -0.550. The molecule has 0 bridgehead atoms. The fraction of sp³-hybridized carbons (Fsp3) is 0.833. The first-order valence-corrected chi connectivity index (χ1v) is 5.96. The molecule has 4 heteroatoms. The number of ether oxygens (including phenoxy) is 1. The second-order valence-corrected chi connectivity index (χ2v) is 4.06. The molecule has 0 heterocycles. The van der Waals surface area contributed by atoms with Gasteiger partial charge < -0.3 is 10.1 Å². The number of carbonyl (C=O) groups excluding carboxylic acids is 2. The number of unbranched alkanes of at least 4 members (excludes halogenated alkanes) is 3. The number of methoxy groups -OCH3 is 1. The molecule has 1 amide bonds. The van der Waals surface area contributed by atoms with Crippen LogP contribution in [0.25, 0.3) is 0 Å². The molecule has 0 saturated heterocycles. The third kappa shape index (κ3) is 7.26. The van der Waals surface area contributed by atoms with Gasteiger partial charge in [-0.1, -0.05) is 39.5 Å². The molecule has 4 nitrogen and oxygen atoms in total.